The Balaban J connectivity index is 1.75. The van der Waals surface area contributed by atoms with Crippen LogP contribution in [-0.2, 0) is 9.47 Å². The van der Waals surface area contributed by atoms with Gasteiger partial charge in [-0.2, -0.15) is 5.10 Å². The lowest BCUT2D eigenvalue weighted by Crippen LogP contribution is -2.60. The third-order valence-corrected chi connectivity index (χ3v) is 4.03. The minimum Gasteiger partial charge on any atom is -0.388 e. The number of fused-ring (bicyclic) bond motifs is 2. The number of amides is 2. The minimum absolute atomic E-state index is 0.311. The van der Waals surface area contributed by atoms with Gasteiger partial charge in [0.15, 0.2) is 6.29 Å². The molecule has 2 aliphatic rings. The quantitative estimate of drug-likeness (QED) is 0.736. The highest BCUT2D eigenvalue weighted by Gasteiger charge is 2.51. The fourth-order valence-corrected chi connectivity index (χ4v) is 2.92. The summed E-state index contributed by atoms with van der Waals surface area (Å²) < 4.78 is 12.8. The van der Waals surface area contributed by atoms with Gasteiger partial charge in [-0.05, 0) is 6.42 Å². The van der Waals surface area contributed by atoms with Gasteiger partial charge >= 0.3 is 6.03 Å². The second kappa shape index (κ2) is 6.41. The van der Waals surface area contributed by atoms with Crippen molar-refractivity contribution < 1.29 is 19.4 Å². The molecule has 0 aromatic carbocycles. The van der Waals surface area contributed by atoms with Gasteiger partial charge in [0, 0.05) is 12.7 Å². The molecular formula is C13H19ClN4O4. The maximum atomic E-state index is 11.9. The third kappa shape index (κ3) is 2.91. The summed E-state index contributed by atoms with van der Waals surface area (Å²) in [6.45, 7) is 2.84. The standard InChI is InChI=1S/C13H19ClN4O4/c1-2-3-15-13(20)17-9-8-6-21-12(22-8)10(11(9)19)18-5-7(14)4-16-18/h4-5,8-12,19H,2-3,6H2,1H3,(H2,15,17,20)/t8-,9-,10-,11+,12-/m1/s1. The number of aromatic nitrogens is 2. The van der Waals surface area contributed by atoms with Crippen molar-refractivity contribution in [1.29, 1.82) is 0 Å². The maximum absolute atomic E-state index is 11.9. The van der Waals surface area contributed by atoms with E-state index < -0.39 is 24.5 Å². The summed E-state index contributed by atoms with van der Waals surface area (Å²) in [5, 5.41) is 20.7. The number of rotatable bonds is 4. The molecule has 22 heavy (non-hydrogen) atoms. The van der Waals surface area contributed by atoms with Crippen molar-refractivity contribution in [3.05, 3.63) is 17.4 Å². The number of aliphatic hydroxyl groups excluding tert-OH is 1. The van der Waals surface area contributed by atoms with E-state index in [0.29, 0.717) is 18.2 Å². The molecule has 5 atom stereocenters. The lowest BCUT2D eigenvalue weighted by atomic mass is 9.96. The Morgan fingerprint density at radius 3 is 3.14 bits per heavy atom. The summed E-state index contributed by atoms with van der Waals surface area (Å²) in [5.74, 6) is 0. The molecule has 9 heteroatoms. The van der Waals surface area contributed by atoms with Crippen molar-refractivity contribution in [3.8, 4) is 0 Å². The molecule has 3 heterocycles. The Kier molecular flexibility index (Phi) is 4.53. The molecule has 1 aromatic rings. The van der Waals surface area contributed by atoms with Crippen LogP contribution < -0.4 is 10.6 Å². The molecule has 2 saturated heterocycles. The van der Waals surface area contributed by atoms with Crippen molar-refractivity contribution in [2.75, 3.05) is 13.2 Å². The normalized spacial score (nSPS) is 33.7. The molecule has 0 unspecified atom stereocenters. The van der Waals surface area contributed by atoms with E-state index in [9.17, 15) is 9.90 Å². The number of aliphatic hydroxyl groups is 1. The van der Waals surface area contributed by atoms with E-state index in [1.807, 2.05) is 6.92 Å². The van der Waals surface area contributed by atoms with Gasteiger partial charge in [0.2, 0.25) is 0 Å². The molecule has 0 spiro atoms. The Bertz CT molecular complexity index is 540. The summed E-state index contributed by atoms with van der Waals surface area (Å²) >= 11 is 5.88. The van der Waals surface area contributed by atoms with Crippen LogP contribution in [0.2, 0.25) is 5.02 Å². The van der Waals surface area contributed by atoms with Crippen molar-refractivity contribution in [1.82, 2.24) is 20.4 Å². The Morgan fingerprint density at radius 2 is 2.45 bits per heavy atom. The number of hydrogen-bond donors (Lipinski definition) is 3. The molecule has 1 aromatic heterocycles. The van der Waals surface area contributed by atoms with Gasteiger partial charge in [0.25, 0.3) is 0 Å². The van der Waals surface area contributed by atoms with Crippen LogP contribution in [0.5, 0.6) is 0 Å². The molecule has 2 bridgehead atoms. The number of ether oxygens (including phenoxy) is 2. The summed E-state index contributed by atoms with van der Waals surface area (Å²) in [6.07, 6.45) is 2.03. The van der Waals surface area contributed by atoms with Crippen LogP contribution in [-0.4, -0.2) is 58.6 Å². The molecule has 3 N–H and O–H groups in total. The van der Waals surface area contributed by atoms with E-state index in [4.69, 9.17) is 21.1 Å². The molecule has 0 radical (unpaired) electrons. The first kappa shape index (κ1) is 15.5. The van der Waals surface area contributed by atoms with Crippen LogP contribution in [0.15, 0.2) is 12.4 Å². The maximum Gasteiger partial charge on any atom is 0.315 e. The summed E-state index contributed by atoms with van der Waals surface area (Å²) in [6, 6.07) is -1.48. The topological polar surface area (TPSA) is 97.6 Å². The molecule has 3 rings (SSSR count). The van der Waals surface area contributed by atoms with Crippen LogP contribution >= 0.6 is 11.6 Å². The van der Waals surface area contributed by atoms with E-state index in [1.54, 1.807) is 6.20 Å². The highest BCUT2D eigenvalue weighted by molar-refractivity contribution is 6.30. The van der Waals surface area contributed by atoms with Crippen LogP contribution in [0.3, 0.4) is 0 Å². The fraction of sp³-hybridized carbons (Fsp3) is 0.692. The smallest absolute Gasteiger partial charge is 0.315 e. The number of halogens is 1. The van der Waals surface area contributed by atoms with Gasteiger partial charge in [-0.25, -0.2) is 4.79 Å². The Morgan fingerprint density at radius 1 is 1.64 bits per heavy atom. The van der Waals surface area contributed by atoms with Crippen LogP contribution in [0.25, 0.3) is 0 Å². The zero-order valence-electron chi connectivity index (χ0n) is 12.1. The molecular weight excluding hydrogens is 312 g/mol. The van der Waals surface area contributed by atoms with Crippen molar-refractivity contribution >= 4 is 17.6 Å². The van der Waals surface area contributed by atoms with Crippen molar-refractivity contribution in [2.45, 2.75) is 43.9 Å². The first-order valence-corrected chi connectivity index (χ1v) is 7.67. The Hall–Kier alpha value is -1.35. The largest absolute Gasteiger partial charge is 0.388 e. The SMILES string of the molecule is CCCNC(=O)N[C@H]1[C@H](O)[C@@H](n2cc(Cl)cn2)[C@@H]2OC[C@H]1O2. The van der Waals surface area contributed by atoms with Gasteiger partial charge in [-0.3, -0.25) is 4.68 Å². The van der Waals surface area contributed by atoms with Crippen molar-refractivity contribution in [2.24, 2.45) is 0 Å². The fourth-order valence-electron chi connectivity index (χ4n) is 2.78. The number of carbonyl (C=O) groups is 1. The van der Waals surface area contributed by atoms with E-state index in [0.717, 1.165) is 6.42 Å². The molecule has 2 fully saturated rings. The average Bonchev–Trinajstić information content (AvgIpc) is 3.10. The number of hydrogen-bond acceptors (Lipinski definition) is 5. The molecule has 2 aliphatic heterocycles. The lowest BCUT2D eigenvalue weighted by molar-refractivity contribution is -0.166. The lowest BCUT2D eigenvalue weighted by Gasteiger charge is -2.38. The van der Waals surface area contributed by atoms with E-state index >= 15 is 0 Å². The molecule has 122 valence electrons. The van der Waals surface area contributed by atoms with Crippen LogP contribution in [0.4, 0.5) is 4.79 Å². The van der Waals surface area contributed by atoms with E-state index in [1.165, 1.54) is 10.9 Å². The minimum atomic E-state index is -0.894. The third-order valence-electron chi connectivity index (χ3n) is 3.84. The molecule has 8 nitrogen and oxygen atoms in total. The number of nitrogens with one attached hydrogen (secondary N) is 2. The van der Waals surface area contributed by atoms with Gasteiger partial charge in [-0.15, -0.1) is 0 Å². The zero-order valence-corrected chi connectivity index (χ0v) is 12.9. The first-order chi connectivity index (χ1) is 10.6. The van der Waals surface area contributed by atoms with Gasteiger partial charge < -0.3 is 25.2 Å². The van der Waals surface area contributed by atoms with Gasteiger partial charge in [0.1, 0.15) is 18.2 Å². The molecule has 2 amide bonds. The van der Waals surface area contributed by atoms with E-state index in [-0.39, 0.29) is 12.1 Å². The molecule has 0 saturated carbocycles. The number of carbonyl (C=O) groups excluding carboxylic acids is 1. The highest BCUT2D eigenvalue weighted by atomic mass is 35.5. The highest BCUT2D eigenvalue weighted by Crippen LogP contribution is 2.35. The number of urea groups is 1. The predicted molar refractivity (Wildman–Crippen MR) is 77.5 cm³/mol. The summed E-state index contributed by atoms with van der Waals surface area (Å²) in [7, 11) is 0. The second-order valence-electron chi connectivity index (χ2n) is 5.42. The van der Waals surface area contributed by atoms with Gasteiger partial charge in [-0.1, -0.05) is 18.5 Å². The number of nitrogens with zero attached hydrogens (tertiary/aromatic N) is 2. The first-order valence-electron chi connectivity index (χ1n) is 7.29. The van der Waals surface area contributed by atoms with Gasteiger partial charge in [0.05, 0.1) is 23.9 Å². The second-order valence-corrected chi connectivity index (χ2v) is 5.86. The average molecular weight is 331 g/mol. The summed E-state index contributed by atoms with van der Waals surface area (Å²) in [4.78, 5) is 11.9. The van der Waals surface area contributed by atoms with Crippen molar-refractivity contribution in [3.63, 3.8) is 0 Å². The monoisotopic (exact) mass is 330 g/mol. The zero-order chi connectivity index (χ0) is 15.7. The Labute approximate surface area is 132 Å². The molecule has 0 aliphatic carbocycles. The van der Waals surface area contributed by atoms with Crippen LogP contribution in [0.1, 0.15) is 19.4 Å². The predicted octanol–water partition coefficient (Wildman–Crippen LogP) is 0.271. The van der Waals surface area contributed by atoms with Crippen LogP contribution in [0, 0.1) is 0 Å². The summed E-state index contributed by atoms with van der Waals surface area (Å²) in [5.41, 5.74) is 0. The van der Waals surface area contributed by atoms with E-state index in [2.05, 4.69) is 15.7 Å².